The van der Waals surface area contributed by atoms with Crippen LogP contribution in [0.2, 0.25) is 0 Å². The Bertz CT molecular complexity index is 310. The highest BCUT2D eigenvalue weighted by atomic mass is 79.9. The summed E-state index contributed by atoms with van der Waals surface area (Å²) in [7, 11) is 1.80. The molecule has 1 heterocycles. The van der Waals surface area contributed by atoms with Gasteiger partial charge in [0.15, 0.2) is 0 Å². The number of aryl methyl sites for hydroxylation is 1. The number of halogens is 1. The van der Waals surface area contributed by atoms with E-state index in [2.05, 4.69) is 21.0 Å². The summed E-state index contributed by atoms with van der Waals surface area (Å²) in [6.07, 6.45) is 0.182. The zero-order valence-electron chi connectivity index (χ0n) is 8.62. The topological polar surface area (TPSA) is 47.3 Å². The molecule has 1 rings (SSSR count). The van der Waals surface area contributed by atoms with Crippen molar-refractivity contribution in [2.24, 2.45) is 7.05 Å². The maximum absolute atomic E-state index is 9.06. The van der Waals surface area contributed by atoms with Crippen molar-refractivity contribution in [3.8, 4) is 0 Å². The monoisotopic (exact) mass is 262 g/mol. The van der Waals surface area contributed by atoms with Gasteiger partial charge in [0, 0.05) is 7.05 Å². The molecule has 0 aromatic carbocycles. The Kier molecular flexibility index (Phi) is 4.10. The molecule has 0 bridgehead atoms. The van der Waals surface area contributed by atoms with Gasteiger partial charge in [-0.2, -0.15) is 5.10 Å². The Balaban J connectivity index is 2.78. The number of aromatic nitrogens is 2. The third kappa shape index (κ3) is 2.56. The molecule has 0 unspecified atom stereocenters. The summed E-state index contributed by atoms with van der Waals surface area (Å²) in [5, 5.41) is 13.3. The molecule has 0 spiro atoms. The molecule has 5 heteroatoms. The first-order chi connectivity index (χ1) is 6.56. The predicted octanol–water partition coefficient (Wildman–Crippen LogP) is 1.60. The minimum Gasteiger partial charge on any atom is -0.390 e. The minimum atomic E-state index is -0.0221. The highest BCUT2D eigenvalue weighted by molar-refractivity contribution is 9.10. The lowest BCUT2D eigenvalue weighted by Crippen LogP contribution is -2.03. The van der Waals surface area contributed by atoms with E-state index in [0.29, 0.717) is 6.61 Å². The summed E-state index contributed by atoms with van der Waals surface area (Å²) in [6, 6.07) is 0. The van der Waals surface area contributed by atoms with Gasteiger partial charge in [-0.1, -0.05) is 0 Å². The number of rotatable bonds is 4. The molecule has 1 N–H and O–H groups in total. The van der Waals surface area contributed by atoms with E-state index in [9.17, 15) is 0 Å². The van der Waals surface area contributed by atoms with Gasteiger partial charge in [0.1, 0.15) is 5.69 Å². The molecule has 0 saturated heterocycles. The summed E-state index contributed by atoms with van der Waals surface area (Å²) in [5.74, 6) is 0. The molecular formula is C9H15BrN2O2. The normalized spacial score (nSPS) is 11.3. The molecule has 14 heavy (non-hydrogen) atoms. The van der Waals surface area contributed by atoms with Crippen molar-refractivity contribution in [2.45, 2.75) is 33.2 Å². The lowest BCUT2D eigenvalue weighted by molar-refractivity contribution is 0.0630. The summed E-state index contributed by atoms with van der Waals surface area (Å²) < 4.78 is 7.93. The van der Waals surface area contributed by atoms with Gasteiger partial charge in [-0.05, 0) is 29.8 Å². The molecule has 0 fully saturated rings. The average molecular weight is 263 g/mol. The third-order valence-electron chi connectivity index (χ3n) is 1.87. The van der Waals surface area contributed by atoms with E-state index < -0.39 is 0 Å². The van der Waals surface area contributed by atoms with E-state index in [0.717, 1.165) is 15.9 Å². The number of nitrogens with zero attached hydrogens (tertiary/aromatic N) is 2. The fourth-order valence-corrected chi connectivity index (χ4v) is 1.68. The van der Waals surface area contributed by atoms with Crippen molar-refractivity contribution in [3.63, 3.8) is 0 Å². The number of ether oxygens (including phenoxy) is 1. The molecule has 0 aliphatic heterocycles. The lowest BCUT2D eigenvalue weighted by Gasteiger charge is -2.04. The van der Waals surface area contributed by atoms with Crippen molar-refractivity contribution < 1.29 is 9.84 Å². The molecule has 1 aromatic rings. The van der Waals surface area contributed by atoms with Crippen molar-refractivity contribution in [1.29, 1.82) is 0 Å². The van der Waals surface area contributed by atoms with Crippen LogP contribution in [0, 0.1) is 0 Å². The molecule has 80 valence electrons. The fraction of sp³-hybridized carbons (Fsp3) is 0.667. The van der Waals surface area contributed by atoms with E-state index in [1.54, 1.807) is 11.7 Å². The van der Waals surface area contributed by atoms with Gasteiger partial charge in [0.25, 0.3) is 0 Å². The van der Waals surface area contributed by atoms with Crippen molar-refractivity contribution >= 4 is 15.9 Å². The van der Waals surface area contributed by atoms with Gasteiger partial charge in [-0.15, -0.1) is 0 Å². The number of hydrogen-bond acceptors (Lipinski definition) is 3. The summed E-state index contributed by atoms with van der Waals surface area (Å²) >= 11 is 3.39. The first kappa shape index (κ1) is 11.7. The van der Waals surface area contributed by atoms with Gasteiger partial charge >= 0.3 is 0 Å². The van der Waals surface area contributed by atoms with Crippen LogP contribution in [-0.2, 0) is 25.0 Å². The second-order valence-corrected chi connectivity index (χ2v) is 4.14. The quantitative estimate of drug-likeness (QED) is 0.897. The Hall–Kier alpha value is -0.390. The van der Waals surface area contributed by atoms with E-state index in [1.807, 2.05) is 13.8 Å². The van der Waals surface area contributed by atoms with Crippen LogP contribution in [0.4, 0.5) is 0 Å². The SMILES string of the molecule is CC(C)OCc1nn(C)c(CO)c1Br. The number of aliphatic hydroxyl groups excluding tert-OH is 1. The zero-order chi connectivity index (χ0) is 10.7. The fourth-order valence-electron chi connectivity index (χ4n) is 1.10. The van der Waals surface area contributed by atoms with Crippen molar-refractivity contribution in [1.82, 2.24) is 9.78 Å². The van der Waals surface area contributed by atoms with Crippen LogP contribution >= 0.6 is 15.9 Å². The summed E-state index contributed by atoms with van der Waals surface area (Å²) in [6.45, 7) is 4.39. The first-order valence-corrected chi connectivity index (χ1v) is 5.28. The second kappa shape index (κ2) is 4.91. The summed E-state index contributed by atoms with van der Waals surface area (Å²) in [4.78, 5) is 0. The standard InChI is InChI=1S/C9H15BrN2O2/c1-6(2)14-5-7-9(10)8(4-13)12(3)11-7/h6,13H,4-5H2,1-3H3. The van der Waals surface area contributed by atoms with Gasteiger partial charge in [-0.3, -0.25) is 4.68 Å². The van der Waals surface area contributed by atoms with Gasteiger partial charge in [0.05, 0.1) is 29.5 Å². The van der Waals surface area contributed by atoms with E-state index >= 15 is 0 Å². The van der Waals surface area contributed by atoms with Crippen LogP contribution < -0.4 is 0 Å². The highest BCUT2D eigenvalue weighted by Gasteiger charge is 2.13. The molecular weight excluding hydrogens is 248 g/mol. The molecule has 0 radical (unpaired) electrons. The smallest absolute Gasteiger partial charge is 0.103 e. The van der Waals surface area contributed by atoms with E-state index in [1.165, 1.54) is 0 Å². The van der Waals surface area contributed by atoms with Crippen LogP contribution in [0.25, 0.3) is 0 Å². The Morgan fingerprint density at radius 3 is 2.64 bits per heavy atom. The molecule has 0 aliphatic carbocycles. The molecule has 1 aromatic heterocycles. The number of hydrogen-bond donors (Lipinski definition) is 1. The van der Waals surface area contributed by atoms with Gasteiger partial charge in [0.2, 0.25) is 0 Å². The predicted molar refractivity (Wildman–Crippen MR) is 56.8 cm³/mol. The molecule has 4 nitrogen and oxygen atoms in total. The minimum absolute atomic E-state index is 0.0221. The first-order valence-electron chi connectivity index (χ1n) is 4.49. The third-order valence-corrected chi connectivity index (χ3v) is 2.79. The maximum Gasteiger partial charge on any atom is 0.103 e. The molecule has 0 saturated carbocycles. The Labute approximate surface area is 92.0 Å². The van der Waals surface area contributed by atoms with Crippen molar-refractivity contribution in [2.75, 3.05) is 0 Å². The maximum atomic E-state index is 9.06. The van der Waals surface area contributed by atoms with Crippen LogP contribution in [-0.4, -0.2) is 21.0 Å². The molecule has 0 atom stereocenters. The lowest BCUT2D eigenvalue weighted by atomic mass is 10.3. The zero-order valence-corrected chi connectivity index (χ0v) is 10.2. The summed E-state index contributed by atoms with van der Waals surface area (Å²) in [5.41, 5.74) is 1.60. The highest BCUT2D eigenvalue weighted by Crippen LogP contribution is 2.21. The second-order valence-electron chi connectivity index (χ2n) is 3.35. The molecule has 0 amide bonds. The number of aliphatic hydroxyl groups is 1. The molecule has 0 aliphatic rings. The van der Waals surface area contributed by atoms with Crippen molar-refractivity contribution in [3.05, 3.63) is 15.9 Å². The Morgan fingerprint density at radius 1 is 1.57 bits per heavy atom. The van der Waals surface area contributed by atoms with E-state index in [-0.39, 0.29) is 12.7 Å². The average Bonchev–Trinajstić information content (AvgIpc) is 2.38. The van der Waals surface area contributed by atoms with Crippen LogP contribution in [0.1, 0.15) is 25.2 Å². The van der Waals surface area contributed by atoms with Crippen LogP contribution in [0.3, 0.4) is 0 Å². The van der Waals surface area contributed by atoms with Gasteiger partial charge in [-0.25, -0.2) is 0 Å². The van der Waals surface area contributed by atoms with Crippen LogP contribution in [0.5, 0.6) is 0 Å². The van der Waals surface area contributed by atoms with E-state index in [4.69, 9.17) is 9.84 Å². The largest absolute Gasteiger partial charge is 0.390 e. The van der Waals surface area contributed by atoms with Gasteiger partial charge < -0.3 is 9.84 Å². The van der Waals surface area contributed by atoms with Crippen LogP contribution in [0.15, 0.2) is 4.47 Å². The Morgan fingerprint density at radius 2 is 2.21 bits per heavy atom.